The van der Waals surface area contributed by atoms with E-state index in [1.165, 1.54) is 12.1 Å². The van der Waals surface area contributed by atoms with E-state index >= 15 is 0 Å². The van der Waals surface area contributed by atoms with Gasteiger partial charge in [0.05, 0.1) is 10.5 Å². The van der Waals surface area contributed by atoms with Gasteiger partial charge in [0, 0.05) is 13.0 Å². The van der Waals surface area contributed by atoms with Crippen LogP contribution in [0.15, 0.2) is 33.7 Å². The summed E-state index contributed by atoms with van der Waals surface area (Å²) in [6, 6.07) is 7.87. The molecule has 0 aliphatic rings. The highest BCUT2D eigenvalue weighted by atomic mass is 32.2. The number of hydrogen-bond donors (Lipinski definition) is 1. The third-order valence-corrected chi connectivity index (χ3v) is 4.02. The molecule has 1 heterocycles. The van der Waals surface area contributed by atoms with Crippen molar-refractivity contribution in [3.63, 3.8) is 0 Å². The molecule has 0 aliphatic heterocycles. The average Bonchev–Trinajstić information content (AvgIpc) is 2.84. The second kappa shape index (κ2) is 5.81. The van der Waals surface area contributed by atoms with E-state index in [4.69, 9.17) is 9.78 Å². The Balaban J connectivity index is 2.06. The van der Waals surface area contributed by atoms with E-state index in [1.807, 2.05) is 6.07 Å². The Labute approximate surface area is 116 Å². The molecule has 0 aliphatic carbocycles. The summed E-state index contributed by atoms with van der Waals surface area (Å²) in [5, 5.41) is 12.5. The summed E-state index contributed by atoms with van der Waals surface area (Å²) in [4.78, 5) is 3.93. The molecular formula is C12H12N4O3S. The van der Waals surface area contributed by atoms with E-state index in [9.17, 15) is 8.42 Å². The molecule has 0 saturated carbocycles. The molecule has 7 nitrogen and oxygen atoms in total. The van der Waals surface area contributed by atoms with E-state index in [0.29, 0.717) is 11.7 Å². The first-order valence-corrected chi connectivity index (χ1v) is 7.29. The molecule has 0 fully saturated rings. The second-order valence-electron chi connectivity index (χ2n) is 3.99. The van der Waals surface area contributed by atoms with Crippen LogP contribution < -0.4 is 4.72 Å². The average molecular weight is 292 g/mol. The minimum Gasteiger partial charge on any atom is -0.339 e. The van der Waals surface area contributed by atoms with Crippen molar-refractivity contribution in [1.82, 2.24) is 14.9 Å². The molecule has 0 radical (unpaired) electrons. The summed E-state index contributed by atoms with van der Waals surface area (Å²) in [6.45, 7) is 1.80. The summed E-state index contributed by atoms with van der Waals surface area (Å²) in [5.41, 5.74) is 0.105. The first-order valence-electron chi connectivity index (χ1n) is 5.81. The van der Waals surface area contributed by atoms with Crippen LogP contribution in [0.2, 0.25) is 0 Å². The Bertz CT molecular complexity index is 746. The molecule has 1 N–H and O–H groups in total. The number of nitrogens with one attached hydrogen (secondary N) is 1. The number of nitriles is 1. The zero-order valence-electron chi connectivity index (χ0n) is 10.7. The largest absolute Gasteiger partial charge is 0.339 e. The second-order valence-corrected chi connectivity index (χ2v) is 5.73. The number of benzene rings is 1. The van der Waals surface area contributed by atoms with Gasteiger partial charge in [-0.25, -0.2) is 13.1 Å². The smallest absolute Gasteiger partial charge is 0.241 e. The summed E-state index contributed by atoms with van der Waals surface area (Å²) < 4.78 is 31.4. The molecule has 0 spiro atoms. The molecule has 0 saturated heterocycles. The lowest BCUT2D eigenvalue weighted by Crippen LogP contribution is -2.26. The monoisotopic (exact) mass is 292 g/mol. The Hall–Kier alpha value is -2.24. The Morgan fingerprint density at radius 1 is 1.40 bits per heavy atom. The summed E-state index contributed by atoms with van der Waals surface area (Å²) in [6.07, 6.45) is 0.286. The lowest BCUT2D eigenvalue weighted by Gasteiger charge is -2.06. The standard InChI is InChI=1S/C12H12N4O3S/c1-9-15-12(19-16-9)6-7-14-20(17,18)11-5-3-2-4-10(11)8-13/h2-5,14H,6-7H2,1H3. The zero-order valence-corrected chi connectivity index (χ0v) is 11.5. The van der Waals surface area contributed by atoms with Crippen LogP contribution in [0.3, 0.4) is 0 Å². The van der Waals surface area contributed by atoms with Crippen LogP contribution in [-0.4, -0.2) is 25.1 Å². The molecule has 1 aromatic carbocycles. The van der Waals surface area contributed by atoms with E-state index in [1.54, 1.807) is 19.1 Å². The van der Waals surface area contributed by atoms with Crippen LogP contribution in [0.1, 0.15) is 17.3 Å². The SMILES string of the molecule is Cc1noc(CCNS(=O)(=O)c2ccccc2C#N)n1. The number of hydrogen-bond acceptors (Lipinski definition) is 6. The van der Waals surface area contributed by atoms with Crippen molar-refractivity contribution in [3.8, 4) is 6.07 Å². The number of nitrogens with zero attached hydrogens (tertiary/aromatic N) is 3. The van der Waals surface area contributed by atoms with E-state index in [2.05, 4.69) is 14.9 Å². The Morgan fingerprint density at radius 2 is 2.15 bits per heavy atom. The molecule has 20 heavy (non-hydrogen) atoms. The molecule has 104 valence electrons. The lowest BCUT2D eigenvalue weighted by atomic mass is 10.2. The quantitative estimate of drug-likeness (QED) is 0.871. The van der Waals surface area contributed by atoms with Crippen molar-refractivity contribution in [3.05, 3.63) is 41.5 Å². The van der Waals surface area contributed by atoms with Gasteiger partial charge in [0.15, 0.2) is 5.82 Å². The van der Waals surface area contributed by atoms with Gasteiger partial charge in [-0.1, -0.05) is 17.3 Å². The van der Waals surface area contributed by atoms with Gasteiger partial charge in [0.2, 0.25) is 15.9 Å². The van der Waals surface area contributed by atoms with Gasteiger partial charge in [-0.15, -0.1) is 0 Å². The molecule has 0 amide bonds. The predicted molar refractivity (Wildman–Crippen MR) is 69.1 cm³/mol. The van der Waals surface area contributed by atoms with Crippen LogP contribution in [0, 0.1) is 18.3 Å². The normalized spacial score (nSPS) is 11.2. The zero-order chi connectivity index (χ0) is 14.6. The Kier molecular flexibility index (Phi) is 4.12. The van der Waals surface area contributed by atoms with Crippen molar-refractivity contribution in [2.24, 2.45) is 0 Å². The summed E-state index contributed by atoms with van der Waals surface area (Å²) >= 11 is 0. The molecule has 0 atom stereocenters. The van der Waals surface area contributed by atoms with Crippen molar-refractivity contribution in [2.45, 2.75) is 18.2 Å². The lowest BCUT2D eigenvalue weighted by molar-refractivity contribution is 0.375. The van der Waals surface area contributed by atoms with E-state index in [0.717, 1.165) is 0 Å². The van der Waals surface area contributed by atoms with Gasteiger partial charge in [-0.05, 0) is 19.1 Å². The van der Waals surface area contributed by atoms with Gasteiger partial charge in [0.1, 0.15) is 6.07 Å². The summed E-state index contributed by atoms with van der Waals surface area (Å²) in [7, 11) is -3.73. The third-order valence-electron chi connectivity index (χ3n) is 2.50. The van der Waals surface area contributed by atoms with Crippen molar-refractivity contribution < 1.29 is 12.9 Å². The van der Waals surface area contributed by atoms with Crippen molar-refractivity contribution in [1.29, 1.82) is 5.26 Å². The highest BCUT2D eigenvalue weighted by Gasteiger charge is 2.17. The minimum atomic E-state index is -3.73. The van der Waals surface area contributed by atoms with Gasteiger partial charge >= 0.3 is 0 Å². The molecule has 8 heteroatoms. The molecular weight excluding hydrogens is 280 g/mol. The molecule has 2 aromatic rings. The van der Waals surface area contributed by atoms with Crippen LogP contribution in [0.25, 0.3) is 0 Å². The maximum Gasteiger partial charge on any atom is 0.241 e. The van der Waals surface area contributed by atoms with Gasteiger partial charge < -0.3 is 4.52 Å². The van der Waals surface area contributed by atoms with Gasteiger partial charge in [0.25, 0.3) is 0 Å². The maximum absolute atomic E-state index is 12.1. The third kappa shape index (κ3) is 3.20. The minimum absolute atomic E-state index is 0.0378. The van der Waals surface area contributed by atoms with Gasteiger partial charge in [-0.2, -0.15) is 10.2 Å². The van der Waals surface area contributed by atoms with Crippen LogP contribution >= 0.6 is 0 Å². The molecule has 2 rings (SSSR count). The highest BCUT2D eigenvalue weighted by Crippen LogP contribution is 2.13. The van der Waals surface area contributed by atoms with Crippen molar-refractivity contribution in [2.75, 3.05) is 6.54 Å². The first-order chi connectivity index (χ1) is 9.53. The fourth-order valence-electron chi connectivity index (χ4n) is 1.61. The number of rotatable bonds is 5. The van der Waals surface area contributed by atoms with E-state index in [-0.39, 0.29) is 23.4 Å². The first kappa shape index (κ1) is 14.2. The topological polar surface area (TPSA) is 109 Å². The van der Waals surface area contributed by atoms with Crippen LogP contribution in [0.5, 0.6) is 0 Å². The molecule has 0 unspecified atom stereocenters. The van der Waals surface area contributed by atoms with E-state index < -0.39 is 10.0 Å². The number of aromatic nitrogens is 2. The van der Waals surface area contributed by atoms with Crippen molar-refractivity contribution >= 4 is 10.0 Å². The fourth-order valence-corrected chi connectivity index (χ4v) is 2.79. The number of aryl methyl sites for hydroxylation is 1. The number of sulfonamides is 1. The Morgan fingerprint density at radius 3 is 2.80 bits per heavy atom. The van der Waals surface area contributed by atoms with Gasteiger partial charge in [-0.3, -0.25) is 0 Å². The molecule has 0 bridgehead atoms. The fraction of sp³-hybridized carbons (Fsp3) is 0.250. The molecule has 1 aromatic heterocycles. The predicted octanol–water partition coefficient (Wildman–Crippen LogP) is 0.771. The van der Waals surface area contributed by atoms with Crippen LogP contribution in [0.4, 0.5) is 0 Å². The summed E-state index contributed by atoms with van der Waals surface area (Å²) in [5.74, 6) is 0.858. The maximum atomic E-state index is 12.1. The van der Waals surface area contributed by atoms with Crippen LogP contribution in [-0.2, 0) is 16.4 Å². The highest BCUT2D eigenvalue weighted by molar-refractivity contribution is 7.89.